The van der Waals surface area contributed by atoms with Gasteiger partial charge in [-0.05, 0) is 6.92 Å². The molecule has 7 heteroatoms. The van der Waals surface area contributed by atoms with Crippen LogP contribution in [0, 0.1) is 0 Å². The van der Waals surface area contributed by atoms with Crippen LogP contribution in [0.2, 0.25) is 0 Å². The van der Waals surface area contributed by atoms with Crippen molar-refractivity contribution in [2.45, 2.75) is 10.7 Å². The number of alkyl halides is 2. The Morgan fingerprint density at radius 3 is 3.06 bits per heavy atom. The predicted molar refractivity (Wildman–Crippen MR) is 69.6 cm³/mol. The van der Waals surface area contributed by atoms with Crippen LogP contribution in [0.25, 0.3) is 4.96 Å². The second-order valence-corrected chi connectivity index (χ2v) is 6.86. The Kier molecular flexibility index (Phi) is 3.66. The van der Waals surface area contributed by atoms with Crippen molar-refractivity contribution in [3.8, 4) is 0 Å². The molecule has 4 nitrogen and oxygen atoms in total. The van der Waals surface area contributed by atoms with Gasteiger partial charge in [-0.3, -0.25) is 4.40 Å². The van der Waals surface area contributed by atoms with E-state index in [0.717, 1.165) is 4.96 Å². The van der Waals surface area contributed by atoms with Crippen molar-refractivity contribution in [2.24, 2.45) is 0 Å². The highest BCUT2D eigenvalue weighted by atomic mass is 79.9. The Balaban J connectivity index is 2.57. The summed E-state index contributed by atoms with van der Waals surface area (Å²) in [6.07, 6.45) is 1.81. The minimum atomic E-state index is -0.354. The molecular weight excluding hydrogens is 360 g/mol. The second kappa shape index (κ2) is 4.85. The van der Waals surface area contributed by atoms with Gasteiger partial charge in [0.2, 0.25) is 0 Å². The third-order valence-electron chi connectivity index (χ3n) is 1.96. The largest absolute Gasteiger partial charge is 0.461 e. The van der Waals surface area contributed by atoms with Gasteiger partial charge in [0.1, 0.15) is 3.74 Å². The van der Waals surface area contributed by atoms with Gasteiger partial charge < -0.3 is 4.74 Å². The van der Waals surface area contributed by atoms with Crippen LogP contribution in [0.15, 0.2) is 11.6 Å². The van der Waals surface area contributed by atoms with E-state index in [2.05, 4.69) is 36.8 Å². The lowest BCUT2D eigenvalue weighted by molar-refractivity contribution is 0.0517. The highest BCUT2D eigenvalue weighted by molar-refractivity contribution is 9.24. The molecule has 16 heavy (non-hydrogen) atoms. The first-order valence-corrected chi connectivity index (χ1v) is 7.27. The maximum Gasteiger partial charge on any atom is 0.357 e. The predicted octanol–water partition coefficient (Wildman–Crippen LogP) is 3.36. The van der Waals surface area contributed by atoms with Gasteiger partial charge in [-0.2, -0.15) is 0 Å². The fourth-order valence-electron chi connectivity index (χ4n) is 1.36. The van der Waals surface area contributed by atoms with Gasteiger partial charge in [-0.1, -0.05) is 31.9 Å². The first-order chi connectivity index (χ1) is 7.65. The fraction of sp³-hybridized carbons (Fsp3) is 0.333. The summed E-state index contributed by atoms with van der Waals surface area (Å²) >= 11 is 8.18. The molecule has 0 atom stereocenters. The summed E-state index contributed by atoms with van der Waals surface area (Å²) in [5.41, 5.74) is 1.11. The molecular formula is C9H8Br2N2O2S. The number of carbonyl (C=O) groups excluding carboxylic acids is 1. The lowest BCUT2D eigenvalue weighted by atomic mass is 10.3. The third kappa shape index (κ3) is 2.03. The molecule has 0 spiro atoms. The molecule has 0 aliphatic carbocycles. The van der Waals surface area contributed by atoms with Crippen LogP contribution in [0.1, 0.15) is 26.8 Å². The number of aromatic nitrogens is 2. The van der Waals surface area contributed by atoms with E-state index in [9.17, 15) is 4.79 Å². The number of esters is 1. The molecule has 86 valence electrons. The Bertz CT molecular complexity index is 521. The van der Waals surface area contributed by atoms with Gasteiger partial charge in [-0.25, -0.2) is 9.78 Å². The number of carbonyl (C=O) groups is 1. The highest BCUT2D eigenvalue weighted by Gasteiger charge is 2.24. The van der Waals surface area contributed by atoms with E-state index >= 15 is 0 Å². The van der Waals surface area contributed by atoms with E-state index < -0.39 is 0 Å². The number of halogens is 2. The first kappa shape index (κ1) is 12.1. The Hall–Kier alpha value is -0.400. The summed E-state index contributed by atoms with van der Waals surface area (Å²) in [5.74, 6) is -0.354. The molecule has 0 aliphatic heterocycles. The Morgan fingerprint density at radius 1 is 1.69 bits per heavy atom. The van der Waals surface area contributed by atoms with Crippen LogP contribution in [0.3, 0.4) is 0 Å². The zero-order valence-electron chi connectivity index (χ0n) is 8.31. The molecule has 0 aromatic carbocycles. The van der Waals surface area contributed by atoms with Crippen LogP contribution in [-0.4, -0.2) is 22.0 Å². The zero-order valence-corrected chi connectivity index (χ0v) is 12.3. The summed E-state index contributed by atoms with van der Waals surface area (Å²) in [6, 6.07) is 0. The summed E-state index contributed by atoms with van der Waals surface area (Å²) in [4.78, 5) is 17.0. The molecule has 0 aliphatic rings. The monoisotopic (exact) mass is 366 g/mol. The number of nitrogens with zero attached hydrogens (tertiary/aromatic N) is 2. The number of ether oxygens (including phenoxy) is 1. The SMILES string of the molecule is CCOC(=O)c1c(C(Br)Br)nc2sccn12. The summed E-state index contributed by atoms with van der Waals surface area (Å²) in [5, 5.41) is 1.88. The number of imidazole rings is 1. The molecule has 0 unspecified atom stereocenters. The van der Waals surface area contributed by atoms with Crippen LogP contribution in [0.5, 0.6) is 0 Å². The molecule has 0 bridgehead atoms. The smallest absolute Gasteiger partial charge is 0.357 e. The van der Waals surface area contributed by atoms with Gasteiger partial charge in [-0.15, -0.1) is 11.3 Å². The summed E-state index contributed by atoms with van der Waals surface area (Å²) < 4.78 is 6.60. The molecule has 2 aromatic heterocycles. The Labute approximate surface area is 113 Å². The maximum absolute atomic E-state index is 11.8. The van der Waals surface area contributed by atoms with Gasteiger partial charge in [0.25, 0.3) is 0 Å². The Morgan fingerprint density at radius 2 is 2.44 bits per heavy atom. The van der Waals surface area contributed by atoms with Crippen LogP contribution >= 0.6 is 43.2 Å². The molecule has 0 amide bonds. The molecule has 2 heterocycles. The molecule has 0 saturated heterocycles. The maximum atomic E-state index is 11.8. The first-order valence-electron chi connectivity index (χ1n) is 4.55. The van der Waals surface area contributed by atoms with Crippen molar-refractivity contribution in [3.05, 3.63) is 23.0 Å². The van der Waals surface area contributed by atoms with E-state index in [4.69, 9.17) is 4.74 Å². The topological polar surface area (TPSA) is 43.6 Å². The molecule has 0 saturated carbocycles. The number of hydrogen-bond donors (Lipinski definition) is 0. The van der Waals surface area contributed by atoms with Crippen molar-refractivity contribution in [1.82, 2.24) is 9.38 Å². The zero-order chi connectivity index (χ0) is 11.7. The van der Waals surface area contributed by atoms with Crippen LogP contribution < -0.4 is 0 Å². The van der Waals surface area contributed by atoms with Gasteiger partial charge in [0, 0.05) is 11.6 Å². The van der Waals surface area contributed by atoms with Crippen LogP contribution in [0.4, 0.5) is 0 Å². The van der Waals surface area contributed by atoms with Crippen molar-refractivity contribution in [2.75, 3.05) is 6.61 Å². The molecule has 0 radical (unpaired) electrons. The number of fused-ring (bicyclic) bond motifs is 1. The van der Waals surface area contributed by atoms with Gasteiger partial charge in [0.05, 0.1) is 12.3 Å². The number of thiazole rings is 1. The fourth-order valence-corrected chi connectivity index (χ4v) is 2.72. The standard InChI is InChI=1S/C9H8Br2N2O2S/c1-2-15-8(14)6-5(7(10)11)12-9-13(6)3-4-16-9/h3-4,7H,2H2,1H3. The van der Waals surface area contributed by atoms with Crippen LogP contribution in [-0.2, 0) is 4.74 Å². The van der Waals surface area contributed by atoms with E-state index in [1.54, 1.807) is 11.3 Å². The lowest BCUT2D eigenvalue weighted by Crippen LogP contribution is -2.10. The minimum absolute atomic E-state index is 0.161. The quantitative estimate of drug-likeness (QED) is 0.617. The molecule has 0 N–H and O–H groups in total. The van der Waals surface area contributed by atoms with Crippen molar-refractivity contribution in [1.29, 1.82) is 0 Å². The number of rotatable bonds is 3. The normalized spacial score (nSPS) is 11.2. The summed E-state index contributed by atoms with van der Waals surface area (Å²) in [7, 11) is 0. The van der Waals surface area contributed by atoms with Crippen molar-refractivity contribution in [3.63, 3.8) is 0 Å². The second-order valence-electron chi connectivity index (χ2n) is 2.92. The van der Waals surface area contributed by atoms with E-state index in [-0.39, 0.29) is 9.71 Å². The van der Waals surface area contributed by atoms with Gasteiger partial charge >= 0.3 is 5.97 Å². The number of hydrogen-bond acceptors (Lipinski definition) is 4. The third-order valence-corrected chi connectivity index (χ3v) is 3.59. The van der Waals surface area contributed by atoms with Gasteiger partial charge in [0.15, 0.2) is 10.7 Å². The minimum Gasteiger partial charge on any atom is -0.461 e. The van der Waals surface area contributed by atoms with Crippen molar-refractivity contribution >= 4 is 54.1 Å². The highest BCUT2D eigenvalue weighted by Crippen LogP contribution is 2.33. The molecule has 0 fully saturated rings. The van der Waals surface area contributed by atoms with E-state index in [0.29, 0.717) is 18.0 Å². The lowest BCUT2D eigenvalue weighted by Gasteiger charge is -2.03. The van der Waals surface area contributed by atoms with E-state index in [1.165, 1.54) is 11.3 Å². The van der Waals surface area contributed by atoms with E-state index in [1.807, 2.05) is 11.6 Å². The summed E-state index contributed by atoms with van der Waals surface area (Å²) in [6.45, 7) is 2.13. The average molecular weight is 368 g/mol. The molecule has 2 aromatic rings. The average Bonchev–Trinajstić information content (AvgIpc) is 2.75. The molecule has 2 rings (SSSR count). The van der Waals surface area contributed by atoms with Crippen molar-refractivity contribution < 1.29 is 9.53 Å².